The standard InChI is InChI=1S/C24H23BrN4O5/c1-26-24(32)17-9-15(25)10-19(29(33)34)22(17)28-16-6-2-4-13(8-16)23(31)18-12-27-11-14-5-3-7-20(30)21(14)18/h3,5,7,9-13,16,28,30H,2,4,6,8H2,1H3,(H,26,32). The maximum absolute atomic E-state index is 13.4. The average molecular weight is 527 g/mol. The second-order valence-electron chi connectivity index (χ2n) is 8.32. The zero-order valence-electron chi connectivity index (χ0n) is 18.4. The van der Waals surface area contributed by atoms with Crippen LogP contribution in [0, 0.1) is 16.0 Å². The first-order valence-electron chi connectivity index (χ1n) is 10.9. The third kappa shape index (κ3) is 4.58. The number of hydrogen-bond acceptors (Lipinski definition) is 7. The summed E-state index contributed by atoms with van der Waals surface area (Å²) in [6, 6.07) is 7.66. The number of nitrogens with one attached hydrogen (secondary N) is 2. The number of nitrogens with zero attached hydrogens (tertiary/aromatic N) is 2. The van der Waals surface area contributed by atoms with Gasteiger partial charge in [0.05, 0.1) is 10.5 Å². The van der Waals surface area contributed by atoms with E-state index < -0.39 is 10.8 Å². The first kappa shape index (κ1) is 23.6. The molecule has 10 heteroatoms. The van der Waals surface area contributed by atoms with Gasteiger partial charge in [-0.15, -0.1) is 0 Å². The van der Waals surface area contributed by atoms with Gasteiger partial charge < -0.3 is 15.7 Å². The van der Waals surface area contributed by atoms with E-state index in [9.17, 15) is 24.8 Å². The van der Waals surface area contributed by atoms with Gasteiger partial charge in [-0.05, 0) is 31.4 Å². The monoisotopic (exact) mass is 526 g/mol. The van der Waals surface area contributed by atoms with Gasteiger partial charge in [0.2, 0.25) is 0 Å². The number of rotatable bonds is 6. The second kappa shape index (κ2) is 9.76. The number of Topliss-reactive ketones (excluding diaryl/α,β-unsaturated/α-hetero) is 1. The van der Waals surface area contributed by atoms with Gasteiger partial charge in [0, 0.05) is 58.3 Å². The lowest BCUT2D eigenvalue weighted by Gasteiger charge is -2.30. The van der Waals surface area contributed by atoms with Gasteiger partial charge in [0.15, 0.2) is 5.78 Å². The minimum atomic E-state index is -0.532. The fourth-order valence-corrected chi connectivity index (χ4v) is 5.03. The van der Waals surface area contributed by atoms with E-state index in [4.69, 9.17) is 0 Å². The van der Waals surface area contributed by atoms with Crippen LogP contribution in [0.25, 0.3) is 10.8 Å². The lowest BCUT2D eigenvalue weighted by Crippen LogP contribution is -2.32. The largest absolute Gasteiger partial charge is 0.507 e. The normalized spacial score (nSPS) is 17.8. The summed E-state index contributed by atoms with van der Waals surface area (Å²) < 4.78 is 0.420. The van der Waals surface area contributed by atoms with Crippen molar-refractivity contribution in [2.45, 2.75) is 31.7 Å². The quantitative estimate of drug-likeness (QED) is 0.238. The molecule has 2 aromatic carbocycles. The van der Waals surface area contributed by atoms with E-state index in [-0.39, 0.29) is 40.4 Å². The number of aromatic nitrogens is 1. The summed E-state index contributed by atoms with van der Waals surface area (Å²) in [5, 5.41) is 28.9. The number of anilines is 1. The Bertz CT molecular complexity index is 1290. The van der Waals surface area contributed by atoms with Crippen LogP contribution in [-0.2, 0) is 0 Å². The Morgan fingerprint density at radius 2 is 2.00 bits per heavy atom. The first-order chi connectivity index (χ1) is 16.3. The molecule has 0 aliphatic heterocycles. The van der Waals surface area contributed by atoms with Gasteiger partial charge in [-0.25, -0.2) is 0 Å². The average Bonchev–Trinajstić information content (AvgIpc) is 2.83. The maximum atomic E-state index is 13.4. The van der Waals surface area contributed by atoms with E-state index in [2.05, 4.69) is 31.5 Å². The van der Waals surface area contributed by atoms with Crippen molar-refractivity contribution in [1.29, 1.82) is 0 Å². The van der Waals surface area contributed by atoms with Crippen molar-refractivity contribution in [2.24, 2.45) is 5.92 Å². The predicted molar refractivity (Wildman–Crippen MR) is 131 cm³/mol. The van der Waals surface area contributed by atoms with Crippen molar-refractivity contribution in [3.05, 3.63) is 68.4 Å². The Morgan fingerprint density at radius 3 is 2.74 bits per heavy atom. The zero-order valence-corrected chi connectivity index (χ0v) is 20.0. The van der Waals surface area contributed by atoms with Crippen LogP contribution in [0.15, 0.2) is 47.2 Å². The van der Waals surface area contributed by atoms with Crippen LogP contribution >= 0.6 is 15.9 Å². The van der Waals surface area contributed by atoms with E-state index in [1.807, 2.05) is 0 Å². The summed E-state index contributed by atoms with van der Waals surface area (Å²) in [6.07, 6.45) is 5.60. The number of hydrogen-bond donors (Lipinski definition) is 3. The van der Waals surface area contributed by atoms with Gasteiger partial charge in [0.1, 0.15) is 11.4 Å². The minimum absolute atomic E-state index is 0.0226. The topological polar surface area (TPSA) is 134 Å². The van der Waals surface area contributed by atoms with E-state index in [1.165, 1.54) is 31.4 Å². The number of carbonyl (C=O) groups is 2. The van der Waals surface area contributed by atoms with Crippen molar-refractivity contribution in [3.63, 3.8) is 0 Å². The van der Waals surface area contributed by atoms with Crippen molar-refractivity contribution < 1.29 is 19.6 Å². The molecule has 3 aromatic rings. The molecule has 1 saturated carbocycles. The number of carbonyl (C=O) groups excluding carboxylic acids is 2. The molecular weight excluding hydrogens is 504 g/mol. The molecule has 0 bridgehead atoms. The van der Waals surface area contributed by atoms with E-state index in [0.29, 0.717) is 40.1 Å². The number of benzene rings is 2. The Hall–Kier alpha value is -3.53. The first-order valence-corrected chi connectivity index (χ1v) is 11.7. The Balaban J connectivity index is 1.64. The molecule has 2 atom stereocenters. The lowest BCUT2D eigenvalue weighted by molar-refractivity contribution is -0.384. The third-order valence-electron chi connectivity index (χ3n) is 6.17. The summed E-state index contributed by atoms with van der Waals surface area (Å²) in [4.78, 5) is 41.2. The van der Waals surface area contributed by atoms with Crippen molar-refractivity contribution in [1.82, 2.24) is 10.3 Å². The van der Waals surface area contributed by atoms with Crippen LogP contribution in [0.1, 0.15) is 46.4 Å². The molecule has 176 valence electrons. The zero-order chi connectivity index (χ0) is 24.4. The summed E-state index contributed by atoms with van der Waals surface area (Å²) in [6.45, 7) is 0. The lowest BCUT2D eigenvalue weighted by atomic mass is 9.80. The van der Waals surface area contributed by atoms with Gasteiger partial charge in [-0.3, -0.25) is 24.7 Å². The van der Waals surface area contributed by atoms with Crippen LogP contribution in [0.2, 0.25) is 0 Å². The minimum Gasteiger partial charge on any atom is -0.507 e. The fourth-order valence-electron chi connectivity index (χ4n) is 4.59. The third-order valence-corrected chi connectivity index (χ3v) is 6.63. The SMILES string of the molecule is CNC(=O)c1cc(Br)cc([N+](=O)[O-])c1NC1CCCC(C(=O)c2cncc3cccc(O)c23)C1. The maximum Gasteiger partial charge on any atom is 0.294 e. The van der Waals surface area contributed by atoms with Crippen molar-refractivity contribution in [3.8, 4) is 5.75 Å². The molecule has 3 N–H and O–H groups in total. The second-order valence-corrected chi connectivity index (χ2v) is 9.23. The van der Waals surface area contributed by atoms with Crippen molar-refractivity contribution in [2.75, 3.05) is 12.4 Å². The van der Waals surface area contributed by atoms with Gasteiger partial charge in [0.25, 0.3) is 11.6 Å². The molecule has 9 nitrogen and oxygen atoms in total. The molecule has 1 fully saturated rings. The number of phenols is 1. The van der Waals surface area contributed by atoms with E-state index in [0.717, 1.165) is 6.42 Å². The van der Waals surface area contributed by atoms with Crippen LogP contribution < -0.4 is 10.6 Å². The van der Waals surface area contributed by atoms with Gasteiger partial charge >= 0.3 is 0 Å². The molecule has 1 heterocycles. The molecule has 1 aliphatic rings. The Kier molecular flexibility index (Phi) is 6.78. The molecule has 0 saturated heterocycles. The molecule has 1 amide bonds. The van der Waals surface area contributed by atoms with Gasteiger partial charge in [-0.1, -0.05) is 34.5 Å². The number of fused-ring (bicyclic) bond motifs is 1. The molecule has 34 heavy (non-hydrogen) atoms. The van der Waals surface area contributed by atoms with Gasteiger partial charge in [-0.2, -0.15) is 0 Å². The number of aromatic hydroxyl groups is 1. The molecule has 1 aromatic heterocycles. The Morgan fingerprint density at radius 1 is 1.21 bits per heavy atom. The highest BCUT2D eigenvalue weighted by Gasteiger charge is 2.32. The number of halogens is 1. The van der Waals surface area contributed by atoms with Crippen LogP contribution in [0.3, 0.4) is 0 Å². The smallest absolute Gasteiger partial charge is 0.294 e. The number of phenolic OH excluding ortho intramolecular Hbond substituents is 1. The Labute approximate surface area is 203 Å². The highest BCUT2D eigenvalue weighted by Crippen LogP contribution is 2.37. The van der Waals surface area contributed by atoms with E-state index >= 15 is 0 Å². The summed E-state index contributed by atoms with van der Waals surface area (Å²) in [5.74, 6) is -0.902. The molecule has 4 rings (SSSR count). The highest BCUT2D eigenvalue weighted by atomic mass is 79.9. The number of amides is 1. The molecule has 0 spiro atoms. The fraction of sp³-hybridized carbons (Fsp3) is 0.292. The van der Waals surface area contributed by atoms with Crippen molar-refractivity contribution >= 4 is 49.8 Å². The predicted octanol–water partition coefficient (Wildman–Crippen LogP) is 4.82. The van der Waals surface area contributed by atoms with Crippen LogP contribution in [0.5, 0.6) is 5.75 Å². The van der Waals surface area contributed by atoms with Crippen LogP contribution in [-0.4, -0.2) is 39.8 Å². The van der Waals surface area contributed by atoms with Crippen LogP contribution in [0.4, 0.5) is 11.4 Å². The summed E-state index contributed by atoms with van der Waals surface area (Å²) in [5.41, 5.74) is 0.432. The number of nitro benzene ring substituents is 1. The molecule has 0 radical (unpaired) electrons. The molecule has 1 aliphatic carbocycles. The molecule has 2 unspecified atom stereocenters. The number of nitro groups is 1. The highest BCUT2D eigenvalue weighted by molar-refractivity contribution is 9.10. The summed E-state index contributed by atoms with van der Waals surface area (Å²) >= 11 is 3.23. The molecular formula is C24H23BrN4O5. The number of ketones is 1. The van der Waals surface area contributed by atoms with E-state index in [1.54, 1.807) is 18.3 Å². The number of pyridine rings is 1. The summed E-state index contributed by atoms with van der Waals surface area (Å²) in [7, 11) is 1.46.